The van der Waals surface area contributed by atoms with Crippen molar-refractivity contribution in [3.05, 3.63) is 47.8 Å². The van der Waals surface area contributed by atoms with Gasteiger partial charge in [0.15, 0.2) is 0 Å². The third kappa shape index (κ3) is 3.69. The molecule has 0 aliphatic carbocycles. The average Bonchev–Trinajstić information content (AvgIpc) is 3.17. The van der Waals surface area contributed by atoms with Gasteiger partial charge in [0.25, 0.3) is 0 Å². The Morgan fingerprint density at radius 3 is 3.12 bits per heavy atom. The fourth-order valence-corrected chi connectivity index (χ4v) is 3.88. The maximum Gasteiger partial charge on any atom is 0.234 e. The molecule has 2 atom stereocenters. The molecule has 1 aromatic carbocycles. The first-order chi connectivity index (χ1) is 12.3. The maximum absolute atomic E-state index is 12.6. The van der Waals surface area contributed by atoms with E-state index in [-0.39, 0.29) is 11.9 Å². The van der Waals surface area contributed by atoms with Crippen LogP contribution < -0.4 is 10.1 Å². The molecule has 0 radical (unpaired) electrons. The summed E-state index contributed by atoms with van der Waals surface area (Å²) in [7, 11) is 0. The van der Waals surface area contributed by atoms with Gasteiger partial charge in [0, 0.05) is 36.3 Å². The largest absolute Gasteiger partial charge is 0.493 e. The van der Waals surface area contributed by atoms with Gasteiger partial charge in [-0.05, 0) is 31.5 Å². The van der Waals surface area contributed by atoms with E-state index in [4.69, 9.17) is 4.74 Å². The average molecular weight is 340 g/mol. The second-order valence-corrected chi connectivity index (χ2v) is 6.88. The number of fused-ring (bicyclic) bond motifs is 1. The summed E-state index contributed by atoms with van der Waals surface area (Å²) in [6.45, 7) is 2.97. The molecule has 6 heteroatoms. The number of aromatic amines is 1. The highest BCUT2D eigenvalue weighted by Crippen LogP contribution is 2.31. The predicted molar refractivity (Wildman–Crippen MR) is 94.4 cm³/mol. The van der Waals surface area contributed by atoms with Gasteiger partial charge in [-0.3, -0.25) is 14.8 Å². The summed E-state index contributed by atoms with van der Waals surface area (Å²) in [5.74, 6) is 1.41. The van der Waals surface area contributed by atoms with Crippen LogP contribution >= 0.6 is 0 Å². The Kier molecular flexibility index (Phi) is 4.70. The SMILES string of the molecule is O=C(CN1CCC[C@H](c2ccn[nH]2)C1)N[C@H]1CCOc2ccccc21. The normalized spacial score (nSPS) is 23.5. The fraction of sp³-hybridized carbons (Fsp3) is 0.474. The molecule has 1 amide bonds. The maximum atomic E-state index is 12.6. The second kappa shape index (κ2) is 7.27. The van der Waals surface area contributed by atoms with Gasteiger partial charge in [0.2, 0.25) is 5.91 Å². The first kappa shape index (κ1) is 16.1. The molecule has 25 heavy (non-hydrogen) atoms. The number of H-pyrrole nitrogens is 1. The van der Waals surface area contributed by atoms with Crippen LogP contribution in [0.3, 0.4) is 0 Å². The molecular weight excluding hydrogens is 316 g/mol. The Labute approximate surface area is 147 Å². The molecule has 6 nitrogen and oxygen atoms in total. The number of ether oxygens (including phenoxy) is 1. The van der Waals surface area contributed by atoms with Crippen LogP contribution in [-0.4, -0.2) is 47.2 Å². The van der Waals surface area contributed by atoms with E-state index in [0.717, 1.165) is 43.7 Å². The highest BCUT2D eigenvalue weighted by Gasteiger charge is 2.26. The Hall–Kier alpha value is -2.34. The number of benzene rings is 1. The van der Waals surface area contributed by atoms with Crippen LogP contribution in [0.1, 0.15) is 42.5 Å². The van der Waals surface area contributed by atoms with Crippen molar-refractivity contribution in [1.82, 2.24) is 20.4 Å². The molecule has 1 aromatic heterocycles. The van der Waals surface area contributed by atoms with Gasteiger partial charge in [-0.1, -0.05) is 18.2 Å². The molecule has 0 saturated carbocycles. The number of hydrogen-bond donors (Lipinski definition) is 2. The molecule has 3 heterocycles. The fourth-order valence-electron chi connectivity index (χ4n) is 3.88. The van der Waals surface area contributed by atoms with Gasteiger partial charge < -0.3 is 10.1 Å². The first-order valence-electron chi connectivity index (χ1n) is 9.02. The van der Waals surface area contributed by atoms with E-state index < -0.39 is 0 Å². The van der Waals surface area contributed by atoms with Crippen molar-refractivity contribution in [2.75, 3.05) is 26.2 Å². The van der Waals surface area contributed by atoms with Crippen molar-refractivity contribution in [3.8, 4) is 5.75 Å². The molecule has 2 aliphatic rings. The summed E-state index contributed by atoms with van der Waals surface area (Å²) < 4.78 is 5.67. The number of nitrogens with one attached hydrogen (secondary N) is 2. The third-order valence-electron chi connectivity index (χ3n) is 5.13. The van der Waals surface area contributed by atoms with Crippen LogP contribution in [0.5, 0.6) is 5.75 Å². The molecule has 1 saturated heterocycles. The minimum atomic E-state index is 0.0469. The topological polar surface area (TPSA) is 70.2 Å². The number of carbonyl (C=O) groups excluding carboxylic acids is 1. The molecule has 132 valence electrons. The lowest BCUT2D eigenvalue weighted by molar-refractivity contribution is -0.123. The number of hydrogen-bond acceptors (Lipinski definition) is 4. The molecule has 2 aliphatic heterocycles. The Bertz CT molecular complexity index is 716. The third-order valence-corrected chi connectivity index (χ3v) is 5.13. The van der Waals surface area contributed by atoms with E-state index in [9.17, 15) is 4.79 Å². The summed E-state index contributed by atoms with van der Waals surface area (Å²) in [6, 6.07) is 10.0. The lowest BCUT2D eigenvalue weighted by Gasteiger charge is -2.32. The molecular formula is C19H24N4O2. The quantitative estimate of drug-likeness (QED) is 0.895. The van der Waals surface area contributed by atoms with Crippen molar-refractivity contribution in [3.63, 3.8) is 0 Å². The molecule has 0 unspecified atom stereocenters. The number of amides is 1. The number of para-hydroxylation sites is 1. The van der Waals surface area contributed by atoms with Crippen molar-refractivity contribution in [2.24, 2.45) is 0 Å². The number of aromatic nitrogens is 2. The van der Waals surface area contributed by atoms with Gasteiger partial charge in [-0.25, -0.2) is 0 Å². The number of carbonyl (C=O) groups is 1. The summed E-state index contributed by atoms with van der Waals surface area (Å²) >= 11 is 0. The van der Waals surface area contributed by atoms with Crippen LogP contribution in [0.15, 0.2) is 36.5 Å². The van der Waals surface area contributed by atoms with Gasteiger partial charge in [0.05, 0.1) is 19.2 Å². The minimum Gasteiger partial charge on any atom is -0.493 e. The molecule has 4 rings (SSSR count). The Morgan fingerprint density at radius 2 is 2.24 bits per heavy atom. The van der Waals surface area contributed by atoms with E-state index >= 15 is 0 Å². The van der Waals surface area contributed by atoms with E-state index in [1.807, 2.05) is 30.3 Å². The standard InChI is InChI=1S/C19H24N4O2/c24-19(21-17-8-11-25-18-6-2-1-5-15(17)18)13-23-10-3-4-14(12-23)16-7-9-20-22-16/h1-2,5-7,9,14,17H,3-4,8,10-13H2,(H,20,22)(H,21,24)/t14-,17-/m0/s1. The van der Waals surface area contributed by atoms with Crippen molar-refractivity contribution < 1.29 is 9.53 Å². The van der Waals surface area contributed by atoms with E-state index in [1.165, 1.54) is 5.69 Å². The van der Waals surface area contributed by atoms with Crippen molar-refractivity contribution >= 4 is 5.91 Å². The van der Waals surface area contributed by atoms with E-state index in [1.54, 1.807) is 6.20 Å². The zero-order valence-corrected chi connectivity index (χ0v) is 14.3. The predicted octanol–water partition coefficient (Wildman–Crippen LogP) is 2.23. The summed E-state index contributed by atoms with van der Waals surface area (Å²) in [5.41, 5.74) is 2.25. The van der Waals surface area contributed by atoms with Crippen LogP contribution in [0.2, 0.25) is 0 Å². The van der Waals surface area contributed by atoms with Crippen LogP contribution in [0, 0.1) is 0 Å². The zero-order valence-electron chi connectivity index (χ0n) is 14.3. The first-order valence-corrected chi connectivity index (χ1v) is 9.02. The summed E-state index contributed by atoms with van der Waals surface area (Å²) in [5, 5.41) is 10.3. The van der Waals surface area contributed by atoms with Gasteiger partial charge in [-0.2, -0.15) is 5.10 Å². The van der Waals surface area contributed by atoms with Crippen LogP contribution in [-0.2, 0) is 4.79 Å². The highest BCUT2D eigenvalue weighted by atomic mass is 16.5. The van der Waals surface area contributed by atoms with Gasteiger partial charge >= 0.3 is 0 Å². The monoisotopic (exact) mass is 340 g/mol. The lowest BCUT2D eigenvalue weighted by Crippen LogP contribution is -2.43. The summed E-state index contributed by atoms with van der Waals surface area (Å²) in [6.07, 6.45) is 4.87. The molecule has 0 bridgehead atoms. The molecule has 2 N–H and O–H groups in total. The van der Waals surface area contributed by atoms with Crippen molar-refractivity contribution in [2.45, 2.75) is 31.2 Å². The van der Waals surface area contributed by atoms with Gasteiger partial charge in [-0.15, -0.1) is 0 Å². The summed E-state index contributed by atoms with van der Waals surface area (Å²) in [4.78, 5) is 14.8. The number of likely N-dealkylation sites (tertiary alicyclic amines) is 1. The van der Waals surface area contributed by atoms with Crippen LogP contribution in [0.25, 0.3) is 0 Å². The number of piperidine rings is 1. The van der Waals surface area contributed by atoms with Crippen molar-refractivity contribution in [1.29, 1.82) is 0 Å². The number of nitrogens with zero attached hydrogens (tertiary/aromatic N) is 2. The van der Waals surface area contributed by atoms with Gasteiger partial charge in [0.1, 0.15) is 5.75 Å². The highest BCUT2D eigenvalue weighted by molar-refractivity contribution is 5.78. The minimum absolute atomic E-state index is 0.0469. The lowest BCUT2D eigenvalue weighted by atomic mass is 9.95. The second-order valence-electron chi connectivity index (χ2n) is 6.88. The van der Waals surface area contributed by atoms with E-state index in [0.29, 0.717) is 19.1 Å². The molecule has 0 spiro atoms. The Balaban J connectivity index is 1.35. The van der Waals surface area contributed by atoms with Crippen LogP contribution in [0.4, 0.5) is 0 Å². The molecule has 1 fully saturated rings. The molecule has 2 aromatic rings. The smallest absolute Gasteiger partial charge is 0.234 e. The number of rotatable bonds is 4. The van der Waals surface area contributed by atoms with E-state index in [2.05, 4.69) is 20.4 Å². The zero-order chi connectivity index (χ0) is 17.1. The Morgan fingerprint density at radius 1 is 1.32 bits per heavy atom.